The molecule has 1 aliphatic carbocycles. The number of benzene rings is 6. The van der Waals surface area contributed by atoms with E-state index in [0.717, 1.165) is 6.42 Å². The molecule has 214 valence electrons. The molecule has 1 unspecified atom stereocenters. The highest BCUT2D eigenvalue weighted by molar-refractivity contribution is 6.19. The molecule has 2 nitrogen and oxygen atoms in total. The first-order chi connectivity index (χ1) is 22.2. The summed E-state index contributed by atoms with van der Waals surface area (Å²) in [6, 6.07) is 49.3. The van der Waals surface area contributed by atoms with Crippen molar-refractivity contribution in [1.82, 2.24) is 9.13 Å². The van der Waals surface area contributed by atoms with E-state index in [4.69, 9.17) is 0 Å². The molecule has 0 N–H and O–H groups in total. The molecule has 0 amide bonds. The monoisotopic (exact) mass is 576 g/mol. The summed E-state index contributed by atoms with van der Waals surface area (Å²) in [6.07, 6.45) is 9.98. The van der Waals surface area contributed by atoms with Crippen LogP contribution in [0.3, 0.4) is 0 Å². The summed E-state index contributed by atoms with van der Waals surface area (Å²) in [6.45, 7) is 2.19. The molecule has 2 heterocycles. The van der Waals surface area contributed by atoms with Crippen LogP contribution in [0, 0.1) is 6.92 Å². The predicted molar refractivity (Wildman–Crippen MR) is 191 cm³/mol. The van der Waals surface area contributed by atoms with Crippen molar-refractivity contribution in [1.29, 1.82) is 0 Å². The number of aromatic nitrogens is 2. The van der Waals surface area contributed by atoms with E-state index in [1.54, 1.807) is 0 Å². The molecule has 6 aromatic carbocycles. The van der Waals surface area contributed by atoms with Gasteiger partial charge in [0.05, 0.1) is 22.1 Å². The second-order valence-corrected chi connectivity index (χ2v) is 12.3. The zero-order chi connectivity index (χ0) is 29.9. The van der Waals surface area contributed by atoms with Crippen molar-refractivity contribution < 1.29 is 0 Å². The Labute approximate surface area is 262 Å². The molecule has 0 saturated carbocycles. The fraction of sp³-hybridized carbons (Fsp3) is 0.0698. The molecule has 1 atom stereocenters. The van der Waals surface area contributed by atoms with Crippen LogP contribution >= 0.6 is 0 Å². The third-order valence-electron chi connectivity index (χ3n) is 9.44. The van der Waals surface area contributed by atoms with E-state index >= 15 is 0 Å². The summed E-state index contributed by atoms with van der Waals surface area (Å²) in [5.41, 5.74) is 12.4. The number of hydrogen-bond acceptors (Lipinski definition) is 0. The van der Waals surface area contributed by atoms with Crippen molar-refractivity contribution >= 4 is 43.6 Å². The topological polar surface area (TPSA) is 9.86 Å². The van der Waals surface area contributed by atoms with Gasteiger partial charge in [-0.05, 0) is 84.1 Å². The third kappa shape index (κ3) is 4.17. The third-order valence-corrected chi connectivity index (χ3v) is 9.44. The number of fused-ring (bicyclic) bond motifs is 6. The molecule has 0 fully saturated rings. The Kier molecular flexibility index (Phi) is 5.89. The molecule has 1 aliphatic rings. The van der Waals surface area contributed by atoms with E-state index in [0.29, 0.717) is 5.92 Å². The zero-order valence-electron chi connectivity index (χ0n) is 25.2. The van der Waals surface area contributed by atoms with Crippen LogP contribution in [0.2, 0.25) is 0 Å². The van der Waals surface area contributed by atoms with Crippen molar-refractivity contribution in [3.63, 3.8) is 0 Å². The van der Waals surface area contributed by atoms with Gasteiger partial charge in [-0.25, -0.2) is 0 Å². The van der Waals surface area contributed by atoms with Gasteiger partial charge in [-0.2, -0.15) is 0 Å². The van der Waals surface area contributed by atoms with Crippen molar-refractivity contribution in [3.8, 4) is 22.5 Å². The number of aryl methyl sites for hydroxylation is 1. The molecule has 45 heavy (non-hydrogen) atoms. The lowest BCUT2D eigenvalue weighted by molar-refractivity contribution is 0.852. The van der Waals surface area contributed by atoms with Crippen LogP contribution in [-0.2, 0) is 0 Å². The van der Waals surface area contributed by atoms with Gasteiger partial charge in [-0.3, -0.25) is 0 Å². The maximum atomic E-state index is 2.50. The minimum atomic E-state index is 0.347. The molecule has 8 aromatic rings. The van der Waals surface area contributed by atoms with Crippen molar-refractivity contribution in [2.75, 3.05) is 0 Å². The van der Waals surface area contributed by atoms with E-state index in [1.807, 2.05) is 0 Å². The van der Waals surface area contributed by atoms with Crippen LogP contribution in [0.1, 0.15) is 23.5 Å². The highest BCUT2D eigenvalue weighted by Crippen LogP contribution is 2.41. The van der Waals surface area contributed by atoms with Crippen LogP contribution in [0.15, 0.2) is 158 Å². The number of hydrogen-bond donors (Lipinski definition) is 0. The highest BCUT2D eigenvalue weighted by atomic mass is 15.0. The van der Waals surface area contributed by atoms with Gasteiger partial charge in [0.15, 0.2) is 0 Å². The Bertz CT molecular complexity index is 2450. The number of nitrogens with zero attached hydrogens (tertiary/aromatic N) is 2. The van der Waals surface area contributed by atoms with Gasteiger partial charge in [0.25, 0.3) is 0 Å². The van der Waals surface area contributed by atoms with E-state index < -0.39 is 0 Å². The summed E-state index contributed by atoms with van der Waals surface area (Å²) in [5.74, 6) is 0.347. The summed E-state index contributed by atoms with van der Waals surface area (Å²) in [4.78, 5) is 0. The quantitative estimate of drug-likeness (QED) is 0.197. The second-order valence-electron chi connectivity index (χ2n) is 12.3. The Balaban J connectivity index is 1.40. The molecule has 0 bridgehead atoms. The van der Waals surface area contributed by atoms with Crippen molar-refractivity contribution in [2.24, 2.45) is 0 Å². The Morgan fingerprint density at radius 1 is 0.489 bits per heavy atom. The molecule has 0 spiro atoms. The predicted octanol–water partition coefficient (Wildman–Crippen LogP) is 11.5. The number of allylic oxidation sites excluding steroid dienone is 4. The Morgan fingerprint density at radius 3 is 1.96 bits per heavy atom. The largest absolute Gasteiger partial charge is 0.309 e. The lowest BCUT2D eigenvalue weighted by Crippen LogP contribution is -2.01. The number of para-hydroxylation sites is 2. The lowest BCUT2D eigenvalue weighted by Gasteiger charge is -2.18. The molecule has 2 heteroatoms. The highest BCUT2D eigenvalue weighted by Gasteiger charge is 2.20. The molecule has 0 radical (unpaired) electrons. The fourth-order valence-corrected chi connectivity index (χ4v) is 7.33. The van der Waals surface area contributed by atoms with Gasteiger partial charge in [0, 0.05) is 38.8 Å². The van der Waals surface area contributed by atoms with Gasteiger partial charge in [-0.1, -0.05) is 109 Å². The fourth-order valence-electron chi connectivity index (χ4n) is 7.33. The van der Waals surface area contributed by atoms with Crippen molar-refractivity contribution in [2.45, 2.75) is 19.3 Å². The van der Waals surface area contributed by atoms with Crippen LogP contribution < -0.4 is 0 Å². The zero-order valence-corrected chi connectivity index (χ0v) is 25.2. The minimum Gasteiger partial charge on any atom is -0.309 e. The van der Waals surface area contributed by atoms with E-state index in [2.05, 4.69) is 174 Å². The first-order valence-electron chi connectivity index (χ1n) is 15.8. The van der Waals surface area contributed by atoms with Gasteiger partial charge in [-0.15, -0.1) is 0 Å². The standard InChI is InChI=1S/C43H32N2/c1-29-21-22-37-39-27-38-36-19-11-12-20-40(36)44(34-17-9-4-10-18-34)42(38)28-43(39)45(41(37)23-29)35-25-32(30-13-5-2-6-14-30)24-33(26-35)31-15-7-3-8-16-31/h2-15,17-28,31H,16H2,1H3. The van der Waals surface area contributed by atoms with E-state index in [1.165, 1.54) is 77.2 Å². The minimum absolute atomic E-state index is 0.347. The average molecular weight is 577 g/mol. The van der Waals surface area contributed by atoms with Crippen LogP contribution in [0.4, 0.5) is 0 Å². The first-order valence-corrected chi connectivity index (χ1v) is 15.8. The normalized spacial score (nSPS) is 14.7. The molecular weight excluding hydrogens is 544 g/mol. The Hall–Kier alpha value is -5.60. The summed E-state index contributed by atoms with van der Waals surface area (Å²) in [5, 5.41) is 5.11. The average Bonchev–Trinajstić information content (AvgIpc) is 3.59. The van der Waals surface area contributed by atoms with Crippen LogP contribution in [0.5, 0.6) is 0 Å². The second kappa shape index (κ2) is 10.2. The van der Waals surface area contributed by atoms with E-state index in [-0.39, 0.29) is 0 Å². The van der Waals surface area contributed by atoms with Crippen molar-refractivity contribution in [3.05, 3.63) is 169 Å². The first kappa shape index (κ1) is 25.9. The van der Waals surface area contributed by atoms with Gasteiger partial charge in [0.2, 0.25) is 0 Å². The smallest absolute Gasteiger partial charge is 0.0562 e. The molecule has 9 rings (SSSR count). The lowest BCUT2D eigenvalue weighted by atomic mass is 9.89. The van der Waals surface area contributed by atoms with E-state index in [9.17, 15) is 0 Å². The molecule has 2 aromatic heterocycles. The molecule has 0 aliphatic heterocycles. The van der Waals surface area contributed by atoms with Gasteiger partial charge < -0.3 is 9.13 Å². The summed E-state index contributed by atoms with van der Waals surface area (Å²) < 4.78 is 4.92. The van der Waals surface area contributed by atoms with Crippen LogP contribution in [-0.4, -0.2) is 9.13 Å². The summed E-state index contributed by atoms with van der Waals surface area (Å²) >= 11 is 0. The molecular formula is C43H32N2. The van der Waals surface area contributed by atoms with Gasteiger partial charge in [0.1, 0.15) is 0 Å². The Morgan fingerprint density at radius 2 is 1.18 bits per heavy atom. The molecule has 0 saturated heterocycles. The SMILES string of the molecule is Cc1ccc2c3cc4c5ccccc5n(-c5ccccc5)c4cc3n(-c3cc(-c4ccccc4)cc(C4C=CC=CC4)c3)c2c1. The number of rotatable bonds is 4. The maximum absolute atomic E-state index is 2.50. The maximum Gasteiger partial charge on any atom is 0.0562 e. The van der Waals surface area contributed by atoms with Gasteiger partial charge >= 0.3 is 0 Å². The summed E-state index contributed by atoms with van der Waals surface area (Å²) in [7, 11) is 0. The van der Waals surface area contributed by atoms with Crippen LogP contribution in [0.25, 0.3) is 66.1 Å².